The first-order valence-electron chi connectivity index (χ1n) is 4.34. The molecule has 5 heteroatoms. The van der Waals surface area contributed by atoms with Gasteiger partial charge in [-0.05, 0) is 12.1 Å². The Morgan fingerprint density at radius 3 is 2.93 bits per heavy atom. The number of methoxy groups -OCH3 is 1. The van der Waals surface area contributed by atoms with Crippen LogP contribution in [0.5, 0.6) is 5.75 Å². The van der Waals surface area contributed by atoms with Gasteiger partial charge in [0.25, 0.3) is 0 Å². The number of hydrogen-bond acceptors (Lipinski definition) is 4. The Morgan fingerprint density at radius 1 is 1.47 bits per heavy atom. The first-order valence-corrected chi connectivity index (χ1v) is 5.14. The summed E-state index contributed by atoms with van der Waals surface area (Å²) in [6.07, 6.45) is 1.67. The lowest BCUT2D eigenvalue weighted by Crippen LogP contribution is -1.96. The number of fused-ring (bicyclic) bond motifs is 1. The van der Waals surface area contributed by atoms with Crippen LogP contribution in [-0.2, 0) is 6.61 Å². The Bertz CT molecular complexity index is 502. The van der Waals surface area contributed by atoms with E-state index < -0.39 is 0 Å². The van der Waals surface area contributed by atoms with Crippen LogP contribution >= 0.6 is 15.9 Å². The molecule has 1 N–H and O–H groups in total. The lowest BCUT2D eigenvalue weighted by Gasteiger charge is -2.06. The molecule has 2 rings (SSSR count). The molecule has 1 heterocycles. The molecular weight excluding hydrogens is 260 g/mol. The standard InChI is InChI=1S/C10H9BrN2O2/c1-15-8-3-7(11)2-6-4-12-9(5-14)13-10(6)8/h2-4,14H,5H2,1H3. The van der Waals surface area contributed by atoms with Crippen LogP contribution in [0.25, 0.3) is 10.9 Å². The number of ether oxygens (including phenoxy) is 1. The summed E-state index contributed by atoms with van der Waals surface area (Å²) in [6.45, 7) is -0.171. The number of aliphatic hydroxyl groups is 1. The summed E-state index contributed by atoms with van der Waals surface area (Å²) in [7, 11) is 1.59. The van der Waals surface area contributed by atoms with Gasteiger partial charge in [0.1, 0.15) is 17.9 Å². The Hall–Kier alpha value is -1.20. The normalized spacial score (nSPS) is 10.6. The van der Waals surface area contributed by atoms with Crippen molar-refractivity contribution in [3.63, 3.8) is 0 Å². The van der Waals surface area contributed by atoms with Gasteiger partial charge in [-0.25, -0.2) is 9.97 Å². The molecule has 2 aromatic rings. The average Bonchev–Trinajstić information content (AvgIpc) is 2.27. The summed E-state index contributed by atoms with van der Waals surface area (Å²) < 4.78 is 6.12. The van der Waals surface area contributed by atoms with Crippen molar-refractivity contribution in [1.29, 1.82) is 0 Å². The predicted octanol–water partition coefficient (Wildman–Crippen LogP) is 1.89. The van der Waals surface area contributed by atoms with Gasteiger partial charge in [-0.3, -0.25) is 0 Å². The van der Waals surface area contributed by atoms with Gasteiger partial charge >= 0.3 is 0 Å². The molecule has 0 bridgehead atoms. The Labute approximate surface area is 95.1 Å². The molecule has 0 unspecified atom stereocenters. The molecule has 0 saturated heterocycles. The number of benzene rings is 1. The smallest absolute Gasteiger partial charge is 0.154 e. The number of halogens is 1. The molecule has 1 aromatic carbocycles. The molecule has 15 heavy (non-hydrogen) atoms. The second-order valence-corrected chi connectivity index (χ2v) is 3.91. The fourth-order valence-corrected chi connectivity index (χ4v) is 1.80. The Balaban J connectivity index is 2.73. The topological polar surface area (TPSA) is 55.2 Å². The van der Waals surface area contributed by atoms with E-state index in [9.17, 15) is 0 Å². The maximum absolute atomic E-state index is 8.94. The Kier molecular flexibility index (Phi) is 2.83. The van der Waals surface area contributed by atoms with Crippen LogP contribution in [0.2, 0.25) is 0 Å². The number of rotatable bonds is 2. The molecule has 78 valence electrons. The summed E-state index contributed by atoms with van der Waals surface area (Å²) in [5.74, 6) is 1.06. The molecule has 0 saturated carbocycles. The molecule has 1 aromatic heterocycles. The molecule has 4 nitrogen and oxygen atoms in total. The van der Waals surface area contributed by atoms with E-state index in [0.29, 0.717) is 17.1 Å². The fourth-order valence-electron chi connectivity index (χ4n) is 1.35. The zero-order valence-corrected chi connectivity index (χ0v) is 9.65. The quantitative estimate of drug-likeness (QED) is 0.904. The van der Waals surface area contributed by atoms with Crippen LogP contribution < -0.4 is 4.74 Å². The predicted molar refractivity (Wildman–Crippen MR) is 59.7 cm³/mol. The van der Waals surface area contributed by atoms with Crippen LogP contribution in [0.1, 0.15) is 5.82 Å². The molecule has 0 aliphatic carbocycles. The van der Waals surface area contributed by atoms with Crippen molar-refractivity contribution in [2.75, 3.05) is 7.11 Å². The zero-order chi connectivity index (χ0) is 10.8. The van der Waals surface area contributed by atoms with Gasteiger partial charge in [0, 0.05) is 16.1 Å². The van der Waals surface area contributed by atoms with E-state index in [0.717, 1.165) is 9.86 Å². The number of aromatic nitrogens is 2. The van der Waals surface area contributed by atoms with E-state index in [4.69, 9.17) is 9.84 Å². The summed E-state index contributed by atoms with van der Waals surface area (Å²) in [5, 5.41) is 9.81. The van der Waals surface area contributed by atoms with Gasteiger partial charge in [0.2, 0.25) is 0 Å². The Morgan fingerprint density at radius 2 is 2.27 bits per heavy atom. The highest BCUT2D eigenvalue weighted by atomic mass is 79.9. The highest BCUT2D eigenvalue weighted by molar-refractivity contribution is 9.10. The minimum absolute atomic E-state index is 0.171. The van der Waals surface area contributed by atoms with Crippen LogP contribution in [0.3, 0.4) is 0 Å². The molecule has 0 radical (unpaired) electrons. The molecular formula is C10H9BrN2O2. The molecule has 0 fully saturated rings. The second kappa shape index (κ2) is 4.12. The number of aliphatic hydroxyl groups excluding tert-OH is 1. The van der Waals surface area contributed by atoms with E-state index in [-0.39, 0.29) is 6.61 Å². The summed E-state index contributed by atoms with van der Waals surface area (Å²) in [6, 6.07) is 3.73. The van der Waals surface area contributed by atoms with Gasteiger partial charge < -0.3 is 9.84 Å². The van der Waals surface area contributed by atoms with Gasteiger partial charge in [-0.1, -0.05) is 15.9 Å². The zero-order valence-electron chi connectivity index (χ0n) is 8.07. The average molecular weight is 269 g/mol. The highest BCUT2D eigenvalue weighted by Crippen LogP contribution is 2.27. The van der Waals surface area contributed by atoms with Crippen LogP contribution in [0, 0.1) is 0 Å². The molecule has 0 spiro atoms. The lowest BCUT2D eigenvalue weighted by atomic mass is 10.2. The van der Waals surface area contributed by atoms with Crippen molar-refractivity contribution in [2.24, 2.45) is 0 Å². The van der Waals surface area contributed by atoms with E-state index in [1.54, 1.807) is 13.3 Å². The van der Waals surface area contributed by atoms with Crippen molar-refractivity contribution < 1.29 is 9.84 Å². The monoisotopic (exact) mass is 268 g/mol. The van der Waals surface area contributed by atoms with Gasteiger partial charge in [0.15, 0.2) is 5.82 Å². The molecule has 0 aliphatic heterocycles. The maximum Gasteiger partial charge on any atom is 0.154 e. The largest absolute Gasteiger partial charge is 0.494 e. The lowest BCUT2D eigenvalue weighted by molar-refractivity contribution is 0.271. The number of nitrogens with zero attached hydrogens (tertiary/aromatic N) is 2. The third-order valence-electron chi connectivity index (χ3n) is 2.02. The minimum atomic E-state index is -0.171. The minimum Gasteiger partial charge on any atom is -0.494 e. The summed E-state index contributed by atoms with van der Waals surface area (Å²) in [4.78, 5) is 8.20. The maximum atomic E-state index is 8.94. The van der Waals surface area contributed by atoms with Crippen molar-refractivity contribution in [2.45, 2.75) is 6.61 Å². The molecule has 0 amide bonds. The van der Waals surface area contributed by atoms with E-state index >= 15 is 0 Å². The van der Waals surface area contributed by atoms with E-state index in [1.807, 2.05) is 12.1 Å². The number of hydrogen-bond donors (Lipinski definition) is 1. The van der Waals surface area contributed by atoms with Crippen LogP contribution in [0.15, 0.2) is 22.8 Å². The molecule has 0 aliphatic rings. The van der Waals surface area contributed by atoms with Gasteiger partial charge in [0.05, 0.1) is 7.11 Å². The second-order valence-electron chi connectivity index (χ2n) is 2.99. The van der Waals surface area contributed by atoms with E-state index in [2.05, 4.69) is 25.9 Å². The van der Waals surface area contributed by atoms with Crippen LogP contribution in [-0.4, -0.2) is 22.2 Å². The molecule has 0 atom stereocenters. The first kappa shape index (κ1) is 10.3. The van der Waals surface area contributed by atoms with Gasteiger partial charge in [-0.15, -0.1) is 0 Å². The van der Waals surface area contributed by atoms with E-state index in [1.165, 1.54) is 0 Å². The van der Waals surface area contributed by atoms with Crippen molar-refractivity contribution in [3.8, 4) is 5.75 Å². The summed E-state index contributed by atoms with van der Waals surface area (Å²) >= 11 is 3.37. The van der Waals surface area contributed by atoms with Crippen molar-refractivity contribution in [3.05, 3.63) is 28.6 Å². The summed E-state index contributed by atoms with van der Waals surface area (Å²) in [5.41, 5.74) is 0.708. The third kappa shape index (κ3) is 1.93. The third-order valence-corrected chi connectivity index (χ3v) is 2.48. The highest BCUT2D eigenvalue weighted by Gasteiger charge is 2.06. The van der Waals surface area contributed by atoms with Gasteiger partial charge in [-0.2, -0.15) is 0 Å². The van der Waals surface area contributed by atoms with Crippen LogP contribution in [0.4, 0.5) is 0 Å². The fraction of sp³-hybridized carbons (Fsp3) is 0.200. The van der Waals surface area contributed by atoms with Crippen molar-refractivity contribution >= 4 is 26.8 Å². The first-order chi connectivity index (χ1) is 7.24. The van der Waals surface area contributed by atoms with Crippen molar-refractivity contribution in [1.82, 2.24) is 9.97 Å². The SMILES string of the molecule is COc1cc(Br)cc2cnc(CO)nc12.